The van der Waals surface area contributed by atoms with Crippen molar-refractivity contribution in [1.29, 1.82) is 0 Å². The van der Waals surface area contributed by atoms with Crippen molar-refractivity contribution in [1.82, 2.24) is 4.23 Å². The molecule has 0 aliphatic rings. The third-order valence-corrected chi connectivity index (χ3v) is 11.0. The van der Waals surface area contributed by atoms with E-state index in [0.717, 1.165) is 12.1 Å². The Hall–Kier alpha value is -0.916. The van der Waals surface area contributed by atoms with Gasteiger partial charge in [0.2, 0.25) is 0 Å². The van der Waals surface area contributed by atoms with Crippen LogP contribution in [0.5, 0.6) is 0 Å². The van der Waals surface area contributed by atoms with Crippen molar-refractivity contribution in [3.05, 3.63) is 35.4 Å². The van der Waals surface area contributed by atoms with Gasteiger partial charge in [0.15, 0.2) is 0 Å². The highest BCUT2D eigenvalue weighted by molar-refractivity contribution is 6.89. The fraction of sp³-hybridized carbons (Fsp3) is 0.562. The van der Waals surface area contributed by atoms with E-state index in [4.69, 9.17) is 4.74 Å². The van der Waals surface area contributed by atoms with E-state index in [1.54, 1.807) is 0 Å². The van der Waals surface area contributed by atoms with Gasteiger partial charge in [-0.05, 0) is 18.6 Å². The molecule has 1 aromatic carbocycles. The van der Waals surface area contributed by atoms with Crippen LogP contribution in [0.25, 0.3) is 0 Å². The summed E-state index contributed by atoms with van der Waals surface area (Å²) >= 11 is 0. The van der Waals surface area contributed by atoms with Crippen molar-refractivity contribution in [2.45, 2.75) is 52.8 Å². The smallest absolute Gasteiger partial charge is 0.338 e. The molecule has 0 aliphatic carbocycles. The first-order valence-corrected chi connectivity index (χ1v) is 14.5. The molecule has 0 unspecified atom stereocenters. The van der Waals surface area contributed by atoms with Crippen LogP contribution < -0.4 is 0 Å². The summed E-state index contributed by atoms with van der Waals surface area (Å²) in [5, 5.41) is 0. The fourth-order valence-electron chi connectivity index (χ4n) is 2.72. The lowest BCUT2D eigenvalue weighted by molar-refractivity contribution is 0.0524. The monoisotopic (exact) mass is 323 g/mol. The topological polar surface area (TPSA) is 29.5 Å². The predicted molar refractivity (Wildman–Crippen MR) is 94.6 cm³/mol. The molecule has 0 saturated carbocycles. The number of rotatable bonds is 6. The van der Waals surface area contributed by atoms with E-state index in [2.05, 4.69) is 49.6 Å². The molecule has 0 bridgehead atoms. The number of carbonyl (C=O) groups excluding carboxylic acids is 1. The molecule has 0 saturated heterocycles. The van der Waals surface area contributed by atoms with E-state index in [1.807, 2.05) is 25.1 Å². The molecule has 0 aliphatic heterocycles. The second-order valence-corrected chi connectivity index (χ2v) is 17.5. The first-order chi connectivity index (χ1) is 9.57. The maximum atomic E-state index is 12.1. The summed E-state index contributed by atoms with van der Waals surface area (Å²) in [7, 11) is -2.88. The summed E-state index contributed by atoms with van der Waals surface area (Å²) in [5.74, 6) is -0.209. The lowest BCUT2D eigenvalue weighted by atomic mass is 10.1. The molecule has 5 heteroatoms. The van der Waals surface area contributed by atoms with Crippen LogP contribution in [-0.2, 0) is 11.3 Å². The molecule has 21 heavy (non-hydrogen) atoms. The van der Waals surface area contributed by atoms with Crippen molar-refractivity contribution in [2.75, 3.05) is 6.61 Å². The minimum Gasteiger partial charge on any atom is -0.462 e. The van der Waals surface area contributed by atoms with Gasteiger partial charge in [0.05, 0.1) is 12.2 Å². The minimum atomic E-state index is -1.44. The first kappa shape index (κ1) is 18.1. The van der Waals surface area contributed by atoms with Gasteiger partial charge in [-0.2, -0.15) is 0 Å². The van der Waals surface area contributed by atoms with Gasteiger partial charge in [-0.25, -0.2) is 4.79 Å². The second-order valence-electron chi connectivity index (χ2n) is 7.31. The molecule has 0 fully saturated rings. The predicted octanol–water partition coefficient (Wildman–Crippen LogP) is 4.34. The van der Waals surface area contributed by atoms with Gasteiger partial charge in [0.25, 0.3) is 0 Å². The Morgan fingerprint density at radius 3 is 2.05 bits per heavy atom. The van der Waals surface area contributed by atoms with Gasteiger partial charge in [-0.15, -0.1) is 0 Å². The van der Waals surface area contributed by atoms with Crippen LogP contribution in [0.15, 0.2) is 24.3 Å². The van der Waals surface area contributed by atoms with Crippen LogP contribution in [0.4, 0.5) is 0 Å². The average molecular weight is 324 g/mol. The maximum absolute atomic E-state index is 12.1. The molecule has 1 rings (SSSR count). The number of hydrogen-bond acceptors (Lipinski definition) is 3. The molecule has 0 aromatic heterocycles. The third kappa shape index (κ3) is 5.09. The molecule has 1 aromatic rings. The number of nitrogens with zero attached hydrogens (tertiary/aromatic N) is 1. The molecule has 0 heterocycles. The highest BCUT2D eigenvalue weighted by Crippen LogP contribution is 2.24. The van der Waals surface area contributed by atoms with E-state index in [1.165, 1.54) is 0 Å². The van der Waals surface area contributed by atoms with Gasteiger partial charge >= 0.3 is 5.97 Å². The zero-order chi connectivity index (χ0) is 16.3. The zero-order valence-corrected chi connectivity index (χ0v) is 16.5. The van der Waals surface area contributed by atoms with Crippen LogP contribution in [0.3, 0.4) is 0 Å². The number of benzene rings is 1. The summed E-state index contributed by atoms with van der Waals surface area (Å²) in [5.41, 5.74) is 1.79. The lowest BCUT2D eigenvalue weighted by Gasteiger charge is -2.43. The summed E-state index contributed by atoms with van der Waals surface area (Å²) in [6.45, 7) is 17.3. The highest BCUT2D eigenvalue weighted by atomic mass is 28.4. The van der Waals surface area contributed by atoms with Crippen LogP contribution in [-0.4, -0.2) is 33.3 Å². The number of carbonyl (C=O) groups is 1. The fourth-order valence-corrected chi connectivity index (χ4v) is 12.1. The van der Waals surface area contributed by atoms with Crippen LogP contribution in [0.2, 0.25) is 39.3 Å². The van der Waals surface area contributed by atoms with E-state index in [9.17, 15) is 4.79 Å². The molecule has 0 spiro atoms. The quantitative estimate of drug-likeness (QED) is 0.576. The number of ether oxygens (including phenoxy) is 1. The van der Waals surface area contributed by atoms with Gasteiger partial charge in [0.1, 0.15) is 16.5 Å². The summed E-state index contributed by atoms with van der Waals surface area (Å²) in [6.07, 6.45) is 0. The average Bonchev–Trinajstić information content (AvgIpc) is 2.34. The Morgan fingerprint density at radius 2 is 1.57 bits per heavy atom. The third-order valence-electron chi connectivity index (χ3n) is 3.46. The van der Waals surface area contributed by atoms with E-state index < -0.39 is 16.5 Å². The van der Waals surface area contributed by atoms with E-state index in [0.29, 0.717) is 12.2 Å². The molecular weight excluding hydrogens is 294 g/mol. The number of hydrogen-bond donors (Lipinski definition) is 0. The van der Waals surface area contributed by atoms with Crippen LogP contribution in [0, 0.1) is 0 Å². The van der Waals surface area contributed by atoms with Gasteiger partial charge in [0, 0.05) is 6.54 Å². The Labute approximate surface area is 131 Å². The Kier molecular flexibility index (Phi) is 5.95. The molecule has 3 nitrogen and oxygen atoms in total. The summed E-state index contributed by atoms with van der Waals surface area (Å²) < 4.78 is 7.87. The van der Waals surface area contributed by atoms with E-state index in [-0.39, 0.29) is 5.97 Å². The molecule has 0 atom stereocenters. The first-order valence-electron chi connectivity index (χ1n) is 7.60. The standard InChI is InChI=1S/C16H29NO2Si2/c1-8-19-16(18)15-12-10-9-11-14(15)13-17(20(2,3)4)21(5,6)7/h9-12H,8,13H2,1-7H3. The Balaban J connectivity index is 3.14. The Bertz CT molecular complexity index is 476. The largest absolute Gasteiger partial charge is 0.462 e. The van der Waals surface area contributed by atoms with Gasteiger partial charge in [-0.3, -0.25) is 0 Å². The van der Waals surface area contributed by atoms with Gasteiger partial charge in [-0.1, -0.05) is 57.5 Å². The molecule has 118 valence electrons. The van der Waals surface area contributed by atoms with Crippen LogP contribution in [0.1, 0.15) is 22.8 Å². The van der Waals surface area contributed by atoms with E-state index >= 15 is 0 Å². The normalized spacial score (nSPS) is 12.6. The van der Waals surface area contributed by atoms with Crippen LogP contribution >= 0.6 is 0 Å². The van der Waals surface area contributed by atoms with Crippen molar-refractivity contribution in [2.24, 2.45) is 0 Å². The van der Waals surface area contributed by atoms with Crippen molar-refractivity contribution < 1.29 is 9.53 Å². The zero-order valence-electron chi connectivity index (χ0n) is 14.5. The maximum Gasteiger partial charge on any atom is 0.338 e. The van der Waals surface area contributed by atoms with Crippen molar-refractivity contribution in [3.8, 4) is 0 Å². The highest BCUT2D eigenvalue weighted by Gasteiger charge is 2.34. The summed E-state index contributed by atoms with van der Waals surface area (Å²) in [6, 6.07) is 7.84. The second kappa shape index (κ2) is 6.90. The lowest BCUT2D eigenvalue weighted by Crippen LogP contribution is -2.58. The SMILES string of the molecule is CCOC(=O)c1ccccc1CN([Si](C)(C)C)[Si](C)(C)C. The summed E-state index contributed by atoms with van der Waals surface area (Å²) in [4.78, 5) is 12.1. The molecule has 0 N–H and O–H groups in total. The van der Waals surface area contributed by atoms with Gasteiger partial charge < -0.3 is 8.97 Å². The molecule has 0 radical (unpaired) electrons. The molecular formula is C16H29NO2Si2. The minimum absolute atomic E-state index is 0.209. The van der Waals surface area contributed by atoms with Crippen molar-refractivity contribution >= 4 is 22.4 Å². The number of esters is 1. The van der Waals surface area contributed by atoms with Crippen molar-refractivity contribution in [3.63, 3.8) is 0 Å². The Morgan fingerprint density at radius 1 is 1.05 bits per heavy atom. The molecule has 0 amide bonds.